The number of aryl methyl sites for hydroxylation is 1. The highest BCUT2D eigenvalue weighted by atomic mass is 16.5. The third-order valence-electron chi connectivity index (χ3n) is 4.17. The predicted molar refractivity (Wildman–Crippen MR) is 95.3 cm³/mol. The molecule has 0 bridgehead atoms. The van der Waals surface area contributed by atoms with Crippen LogP contribution in [-0.2, 0) is 0 Å². The van der Waals surface area contributed by atoms with Gasteiger partial charge in [0.15, 0.2) is 11.5 Å². The Bertz CT molecular complexity index is 985. The van der Waals surface area contributed by atoms with Crippen LogP contribution >= 0.6 is 0 Å². The molecule has 0 unspecified atom stereocenters. The molecule has 2 heterocycles. The summed E-state index contributed by atoms with van der Waals surface area (Å²) in [5.74, 6) is 0.777. The molecule has 0 aliphatic carbocycles. The Morgan fingerprint density at radius 1 is 1.35 bits per heavy atom. The Morgan fingerprint density at radius 3 is 2.77 bits per heavy atom. The average Bonchev–Trinajstić information content (AvgIpc) is 2.60. The molecule has 26 heavy (non-hydrogen) atoms. The van der Waals surface area contributed by atoms with Gasteiger partial charge in [0, 0.05) is 11.8 Å². The Hall–Kier alpha value is -3.40. The van der Waals surface area contributed by atoms with Gasteiger partial charge in [0.2, 0.25) is 5.88 Å². The molecule has 0 fully saturated rings. The van der Waals surface area contributed by atoms with Crippen molar-refractivity contribution in [3.63, 3.8) is 0 Å². The van der Waals surface area contributed by atoms with E-state index in [1.165, 1.54) is 0 Å². The Kier molecular flexibility index (Phi) is 4.59. The molecule has 1 aromatic heterocycles. The first-order valence-corrected chi connectivity index (χ1v) is 8.12. The van der Waals surface area contributed by atoms with Gasteiger partial charge >= 0.3 is 0 Å². The average molecular weight is 353 g/mol. The van der Waals surface area contributed by atoms with Crippen LogP contribution in [0.3, 0.4) is 0 Å². The molecule has 134 valence electrons. The number of hydrogen-bond acceptors (Lipinski definition) is 6. The van der Waals surface area contributed by atoms with Gasteiger partial charge in [-0.2, -0.15) is 5.26 Å². The lowest BCUT2D eigenvalue weighted by molar-refractivity contribution is 0.310. The number of benzene rings is 1. The van der Waals surface area contributed by atoms with Gasteiger partial charge in [0.05, 0.1) is 25.2 Å². The van der Waals surface area contributed by atoms with Crippen LogP contribution in [-0.4, -0.2) is 18.7 Å². The van der Waals surface area contributed by atoms with Gasteiger partial charge in [-0.3, -0.25) is 4.79 Å². The van der Waals surface area contributed by atoms with Crippen LogP contribution < -0.4 is 25.5 Å². The van der Waals surface area contributed by atoms with E-state index in [9.17, 15) is 10.1 Å². The van der Waals surface area contributed by atoms with E-state index in [1.54, 1.807) is 38.3 Å². The van der Waals surface area contributed by atoms with Crippen molar-refractivity contribution in [2.24, 2.45) is 5.73 Å². The molecular weight excluding hydrogens is 334 g/mol. The number of rotatable bonds is 4. The monoisotopic (exact) mass is 353 g/mol. The second kappa shape index (κ2) is 6.84. The zero-order chi connectivity index (χ0) is 18.8. The molecule has 1 aromatic carbocycles. The van der Waals surface area contributed by atoms with E-state index in [-0.39, 0.29) is 17.0 Å². The van der Waals surface area contributed by atoms with Crippen LogP contribution in [0.2, 0.25) is 0 Å². The molecular formula is C19H19N3O4. The highest BCUT2D eigenvalue weighted by Gasteiger charge is 2.33. The van der Waals surface area contributed by atoms with E-state index < -0.39 is 5.92 Å². The van der Waals surface area contributed by atoms with Gasteiger partial charge in [-0.1, -0.05) is 6.07 Å². The molecule has 3 rings (SSSR count). The minimum atomic E-state index is -0.654. The van der Waals surface area contributed by atoms with Crippen LogP contribution in [0.25, 0.3) is 0 Å². The summed E-state index contributed by atoms with van der Waals surface area (Å²) in [4.78, 5) is 15.4. The van der Waals surface area contributed by atoms with E-state index in [1.807, 2.05) is 6.92 Å². The normalized spacial score (nSPS) is 15.7. The van der Waals surface area contributed by atoms with Gasteiger partial charge in [0.1, 0.15) is 17.4 Å². The molecule has 0 spiro atoms. The van der Waals surface area contributed by atoms with Crippen LogP contribution in [0.1, 0.15) is 29.7 Å². The molecule has 7 nitrogen and oxygen atoms in total. The third-order valence-corrected chi connectivity index (χ3v) is 4.17. The lowest BCUT2D eigenvalue weighted by Gasteiger charge is -2.26. The fourth-order valence-corrected chi connectivity index (χ4v) is 3.08. The molecule has 2 aromatic rings. The fraction of sp³-hybridized carbons (Fsp3) is 0.263. The number of nitrogens with one attached hydrogen (secondary N) is 1. The molecule has 1 aliphatic rings. The fourth-order valence-electron chi connectivity index (χ4n) is 3.08. The van der Waals surface area contributed by atoms with E-state index in [2.05, 4.69) is 11.1 Å². The van der Waals surface area contributed by atoms with E-state index >= 15 is 0 Å². The summed E-state index contributed by atoms with van der Waals surface area (Å²) in [6.07, 6.45) is 0. The summed E-state index contributed by atoms with van der Waals surface area (Å²) in [6, 6.07) is 9.04. The number of aromatic nitrogens is 1. The van der Waals surface area contributed by atoms with Crippen molar-refractivity contribution < 1.29 is 14.2 Å². The van der Waals surface area contributed by atoms with Crippen molar-refractivity contribution in [1.82, 2.24) is 4.98 Å². The van der Waals surface area contributed by atoms with Crippen LogP contribution in [0.5, 0.6) is 17.2 Å². The maximum Gasteiger partial charge on any atom is 0.256 e. The number of aromatic amines is 1. The third kappa shape index (κ3) is 2.86. The predicted octanol–water partition coefficient (Wildman–Crippen LogP) is 2.31. The molecule has 1 aliphatic heterocycles. The largest absolute Gasteiger partial charge is 0.493 e. The second-order valence-electron chi connectivity index (χ2n) is 5.83. The van der Waals surface area contributed by atoms with Crippen LogP contribution in [0.4, 0.5) is 0 Å². The highest BCUT2D eigenvalue weighted by molar-refractivity contribution is 5.57. The number of H-pyrrole nitrogens is 1. The van der Waals surface area contributed by atoms with Crippen molar-refractivity contribution in [2.75, 3.05) is 13.7 Å². The van der Waals surface area contributed by atoms with E-state index in [0.29, 0.717) is 40.7 Å². The quantitative estimate of drug-likeness (QED) is 0.873. The second-order valence-corrected chi connectivity index (χ2v) is 5.83. The molecule has 0 saturated carbocycles. The number of ether oxygens (including phenoxy) is 3. The maximum absolute atomic E-state index is 12.6. The van der Waals surface area contributed by atoms with E-state index in [4.69, 9.17) is 19.9 Å². The first-order chi connectivity index (χ1) is 12.5. The Labute approximate surface area is 150 Å². The Balaban J connectivity index is 2.25. The summed E-state index contributed by atoms with van der Waals surface area (Å²) in [5.41, 5.74) is 7.48. The van der Waals surface area contributed by atoms with E-state index in [0.717, 1.165) is 0 Å². The summed E-state index contributed by atoms with van der Waals surface area (Å²) in [5, 5.41) is 9.60. The number of pyridine rings is 1. The lowest BCUT2D eigenvalue weighted by Crippen LogP contribution is -2.28. The molecule has 7 heteroatoms. The number of hydrogen-bond donors (Lipinski definition) is 2. The minimum absolute atomic E-state index is 0.0104. The zero-order valence-corrected chi connectivity index (χ0v) is 14.8. The first-order valence-electron chi connectivity index (χ1n) is 8.12. The first kappa shape index (κ1) is 17.4. The summed E-state index contributed by atoms with van der Waals surface area (Å²) in [7, 11) is 1.55. The number of methoxy groups -OCH3 is 1. The number of nitriles is 1. The van der Waals surface area contributed by atoms with Crippen LogP contribution in [0, 0.1) is 18.3 Å². The number of nitrogens with two attached hydrogens (primary N) is 1. The van der Waals surface area contributed by atoms with Gasteiger partial charge in [-0.15, -0.1) is 0 Å². The van der Waals surface area contributed by atoms with Crippen molar-refractivity contribution in [2.45, 2.75) is 19.8 Å². The van der Waals surface area contributed by atoms with Crippen molar-refractivity contribution >= 4 is 0 Å². The molecule has 0 amide bonds. The molecule has 0 saturated heterocycles. The lowest BCUT2D eigenvalue weighted by atomic mass is 9.84. The molecule has 1 atom stereocenters. The SMILES string of the molecule is CCOc1cc([C@@H]2C(C#N)=C(N)Oc3cc(C)[nH]c(=O)c32)ccc1OC. The summed E-state index contributed by atoms with van der Waals surface area (Å²) < 4.78 is 16.5. The van der Waals surface area contributed by atoms with Gasteiger partial charge in [0.25, 0.3) is 5.56 Å². The Morgan fingerprint density at radius 2 is 2.12 bits per heavy atom. The standard InChI is InChI=1S/C19H19N3O4/c1-4-25-14-8-11(5-6-13(14)24-3)16-12(9-20)18(21)26-15-7-10(2)22-19(23)17(15)16/h5-8,16H,4,21H2,1-3H3,(H,22,23)/t16-/m1/s1. The summed E-state index contributed by atoms with van der Waals surface area (Å²) >= 11 is 0. The number of fused-ring (bicyclic) bond motifs is 1. The highest BCUT2D eigenvalue weighted by Crippen LogP contribution is 2.42. The van der Waals surface area contributed by atoms with Crippen molar-refractivity contribution in [1.29, 1.82) is 5.26 Å². The topological polar surface area (TPSA) is 110 Å². The van der Waals surface area contributed by atoms with Gasteiger partial charge < -0.3 is 24.9 Å². The van der Waals surface area contributed by atoms with Crippen molar-refractivity contribution in [3.8, 4) is 23.3 Å². The molecule has 0 radical (unpaired) electrons. The van der Waals surface area contributed by atoms with Crippen molar-refractivity contribution in [3.05, 3.63) is 62.9 Å². The zero-order valence-electron chi connectivity index (χ0n) is 14.8. The smallest absolute Gasteiger partial charge is 0.256 e. The maximum atomic E-state index is 12.6. The minimum Gasteiger partial charge on any atom is -0.493 e. The van der Waals surface area contributed by atoms with Gasteiger partial charge in [-0.25, -0.2) is 0 Å². The summed E-state index contributed by atoms with van der Waals surface area (Å²) in [6.45, 7) is 4.06. The van der Waals surface area contributed by atoms with Crippen LogP contribution in [0.15, 0.2) is 40.5 Å². The number of allylic oxidation sites excluding steroid dienone is 1. The molecule has 3 N–H and O–H groups in total. The number of nitrogens with zero attached hydrogens (tertiary/aromatic N) is 1. The van der Waals surface area contributed by atoms with Gasteiger partial charge in [-0.05, 0) is 31.5 Å².